The quantitative estimate of drug-likeness (QED) is 0.0296. The highest BCUT2D eigenvalue weighted by Gasteiger charge is 2.52. The highest BCUT2D eigenvalue weighted by Crippen LogP contribution is 2.32. The average molecular weight is 1030 g/mol. The Morgan fingerprint density at radius 3 is 1.00 bits per heavy atom. The second-order valence-corrected chi connectivity index (χ2v) is 16.1. The van der Waals surface area contributed by atoms with Crippen LogP contribution >= 0.6 is 11.3 Å². The number of ketones is 1. The summed E-state index contributed by atoms with van der Waals surface area (Å²) in [5, 5.41) is 4.26. The van der Waals surface area contributed by atoms with Crippen LogP contribution in [-0.4, -0.2) is 11.9 Å². The number of nitrogens with zero attached hydrogens (tertiary/aromatic N) is 1. The molecule has 0 amide bonds. The van der Waals surface area contributed by atoms with Gasteiger partial charge in [0.2, 0.25) is 23.4 Å². The lowest BCUT2D eigenvalue weighted by atomic mass is 9.12. The average Bonchev–Trinajstić information content (AvgIpc) is 3.77. The molecule has 0 saturated carbocycles. The van der Waals surface area contributed by atoms with E-state index in [9.17, 15) is 57.5 Å². The molecule has 0 bridgehead atoms. The molecule has 0 aliphatic rings. The van der Waals surface area contributed by atoms with Crippen LogP contribution in [0.4, 0.5) is 87.8 Å². The lowest BCUT2D eigenvalue weighted by molar-refractivity contribution is -0.652. The number of carbonyl (C=O) groups excluding carboxylic acids is 1. The van der Waals surface area contributed by atoms with E-state index in [1.165, 1.54) is 4.70 Å². The van der Waals surface area contributed by atoms with E-state index in [2.05, 4.69) is 34.9 Å². The molecule has 0 spiro atoms. The van der Waals surface area contributed by atoms with Crippen LogP contribution in [0.15, 0.2) is 84.4 Å². The van der Waals surface area contributed by atoms with Gasteiger partial charge in [-0.1, -0.05) is 72.0 Å². The molecule has 9 rings (SSSR count). The Bertz CT molecular complexity index is 3300. The summed E-state index contributed by atoms with van der Waals surface area (Å²) in [5.74, 6) is -71.3. The predicted molar refractivity (Wildman–Crippen MR) is 217 cm³/mol. The van der Waals surface area contributed by atoms with Gasteiger partial charge in [-0.25, -0.2) is 87.8 Å². The molecule has 364 valence electrons. The van der Waals surface area contributed by atoms with Gasteiger partial charge in [0.1, 0.15) is 57.4 Å². The van der Waals surface area contributed by atoms with E-state index in [0.717, 1.165) is 32.6 Å². The van der Waals surface area contributed by atoms with E-state index in [0.29, 0.717) is 6.54 Å². The SMILES string of the molecule is Fc1c(F)c(F)c([B-](c2c(F)c(F)c(F)c(F)c2F)(c2c(F)c(F)c(F)c(F)c2F)c2c(F)c(F)c(F)c(F)c2F)c(F)c1F.O=C(C[n+]1csc2ccccc21)c1c2ccccc2cc2ccccc12. The van der Waals surface area contributed by atoms with Gasteiger partial charge in [0.15, 0.2) is 69.8 Å². The molecule has 0 aliphatic carbocycles. The summed E-state index contributed by atoms with van der Waals surface area (Å²) >= 11 is 1.67. The van der Waals surface area contributed by atoms with Crippen LogP contribution in [0.2, 0.25) is 0 Å². The molecule has 71 heavy (non-hydrogen) atoms. The monoisotopic (exact) mass is 1030 g/mol. The van der Waals surface area contributed by atoms with Gasteiger partial charge in [-0.15, -0.1) is 21.9 Å². The van der Waals surface area contributed by atoms with E-state index in [1.807, 2.05) is 54.0 Å². The molecular weight excluding hydrogens is 1020 g/mol. The number of thiazole rings is 1. The van der Waals surface area contributed by atoms with Crippen molar-refractivity contribution in [3.05, 3.63) is 206 Å². The van der Waals surface area contributed by atoms with Crippen molar-refractivity contribution in [2.75, 3.05) is 0 Å². The van der Waals surface area contributed by atoms with E-state index in [1.54, 1.807) is 11.3 Å². The van der Waals surface area contributed by atoms with Gasteiger partial charge in [-0.3, -0.25) is 4.79 Å². The molecule has 1 heterocycles. The topological polar surface area (TPSA) is 20.9 Å². The number of benzene rings is 8. The fourth-order valence-corrected chi connectivity index (χ4v) is 9.41. The summed E-state index contributed by atoms with van der Waals surface area (Å²) in [6.07, 6.45) is -7.22. The highest BCUT2D eigenvalue weighted by molar-refractivity contribution is 7.20. The summed E-state index contributed by atoms with van der Waals surface area (Å²) in [5.41, 5.74) is -10.4. The molecule has 9 aromatic rings. The molecule has 0 saturated heterocycles. The van der Waals surface area contributed by atoms with Crippen LogP contribution in [0, 0.1) is 116 Å². The zero-order valence-corrected chi connectivity index (χ0v) is 35.0. The molecule has 0 unspecified atom stereocenters. The summed E-state index contributed by atoms with van der Waals surface area (Å²) in [6.45, 7) is 0.349. The number of para-hydroxylation sites is 1. The number of Topliss-reactive ketones (excluding diaryl/α,β-unsaturated/α-hetero) is 1. The molecule has 2 nitrogen and oxygen atoms in total. The molecular formula is C47H16BF20NOS. The first-order valence-corrected chi connectivity index (χ1v) is 20.4. The van der Waals surface area contributed by atoms with Crippen LogP contribution in [-0.2, 0) is 6.54 Å². The Kier molecular flexibility index (Phi) is 12.9. The Morgan fingerprint density at radius 1 is 0.380 bits per heavy atom. The van der Waals surface area contributed by atoms with Crippen molar-refractivity contribution in [2.45, 2.75) is 6.54 Å². The van der Waals surface area contributed by atoms with Crippen molar-refractivity contribution in [1.29, 1.82) is 0 Å². The van der Waals surface area contributed by atoms with Crippen molar-refractivity contribution in [1.82, 2.24) is 0 Å². The fraction of sp³-hybridized carbons (Fsp3) is 0.0213. The maximum atomic E-state index is 15.4. The maximum Gasteiger partial charge on any atom is 0.228 e. The molecule has 0 atom stereocenters. The maximum absolute atomic E-state index is 15.4. The second-order valence-electron chi connectivity index (χ2n) is 15.2. The third kappa shape index (κ3) is 7.51. The van der Waals surface area contributed by atoms with Gasteiger partial charge >= 0.3 is 0 Å². The summed E-state index contributed by atoms with van der Waals surface area (Å²) in [6, 6.07) is 26.7. The first-order valence-electron chi connectivity index (χ1n) is 19.5. The normalized spacial score (nSPS) is 11.8. The Morgan fingerprint density at radius 2 is 0.662 bits per heavy atom. The van der Waals surface area contributed by atoms with Crippen LogP contribution in [0.5, 0.6) is 0 Å². The summed E-state index contributed by atoms with van der Waals surface area (Å²) in [7, 11) is 0. The molecule has 24 heteroatoms. The second kappa shape index (κ2) is 18.4. The lowest BCUT2D eigenvalue weighted by Gasteiger charge is -2.44. The van der Waals surface area contributed by atoms with E-state index < -0.39 is 144 Å². The molecule has 0 fully saturated rings. The first-order chi connectivity index (χ1) is 33.5. The van der Waals surface area contributed by atoms with Crippen molar-refractivity contribution in [2.24, 2.45) is 0 Å². The van der Waals surface area contributed by atoms with Crippen molar-refractivity contribution in [3.8, 4) is 0 Å². The third-order valence-electron chi connectivity index (χ3n) is 11.6. The van der Waals surface area contributed by atoms with Crippen molar-refractivity contribution in [3.63, 3.8) is 0 Å². The molecule has 0 N–H and O–H groups in total. The van der Waals surface area contributed by atoms with Gasteiger partial charge < -0.3 is 0 Å². The highest BCUT2D eigenvalue weighted by atomic mass is 32.1. The molecule has 8 aromatic carbocycles. The van der Waals surface area contributed by atoms with Gasteiger partial charge in [0.25, 0.3) is 0 Å². The van der Waals surface area contributed by atoms with Crippen LogP contribution in [0.3, 0.4) is 0 Å². The largest absolute Gasteiger partial charge is 0.287 e. The van der Waals surface area contributed by atoms with Crippen molar-refractivity contribution >= 4 is 76.9 Å². The Labute approximate surface area is 386 Å². The molecule has 0 aliphatic heterocycles. The first kappa shape index (κ1) is 49.9. The number of hydrogen-bond acceptors (Lipinski definition) is 2. The zero-order chi connectivity index (χ0) is 51.9. The number of aromatic nitrogens is 1. The zero-order valence-electron chi connectivity index (χ0n) is 34.2. The van der Waals surface area contributed by atoms with Crippen LogP contribution in [0.25, 0.3) is 31.8 Å². The standard InChI is InChI=1S/C24BF20.C23H16NOS/c26-5-1(6(27)14(35)21(42)13(5)34)25(2-7(28)15(36)22(43)16(37)8(2)29,3-9(30)17(38)23(44)18(39)10(3)31)4-11(32)19(40)24(45)20(41)12(4)33;25-21(14-24-15-26-22-12-6-5-11-20(22)24)23-18-9-3-1-7-16(18)13-17-8-2-4-10-19(17)23/h;1-13,15H,14H2/q-1;+1. The fourth-order valence-electron chi connectivity index (χ4n) is 8.52. The Balaban J connectivity index is 0.000000218. The minimum absolute atomic E-state index is 0.145. The van der Waals surface area contributed by atoms with Crippen LogP contribution < -0.4 is 26.4 Å². The van der Waals surface area contributed by atoms with Gasteiger partial charge in [0, 0.05) is 11.6 Å². The summed E-state index contributed by atoms with van der Waals surface area (Å²) < 4.78 is 297. The number of fused-ring (bicyclic) bond motifs is 3. The van der Waals surface area contributed by atoms with Crippen LogP contribution in [0.1, 0.15) is 10.4 Å². The minimum atomic E-state index is -7.22. The number of hydrogen-bond donors (Lipinski definition) is 0. The number of carbonyl (C=O) groups is 1. The molecule has 1 aromatic heterocycles. The van der Waals surface area contributed by atoms with E-state index in [-0.39, 0.29) is 5.78 Å². The third-order valence-corrected chi connectivity index (χ3v) is 12.5. The van der Waals surface area contributed by atoms with Crippen molar-refractivity contribution < 1.29 is 97.2 Å². The van der Waals surface area contributed by atoms with E-state index in [4.69, 9.17) is 0 Å². The minimum Gasteiger partial charge on any atom is -0.287 e. The van der Waals surface area contributed by atoms with E-state index >= 15 is 35.1 Å². The lowest BCUT2D eigenvalue weighted by Crippen LogP contribution is -2.81. The van der Waals surface area contributed by atoms with Gasteiger partial charge in [-0.05, 0) is 33.7 Å². The van der Waals surface area contributed by atoms with Gasteiger partial charge in [0.05, 0.1) is 0 Å². The number of rotatable bonds is 7. The Hall–Kier alpha value is -7.50. The molecule has 0 radical (unpaired) electrons. The smallest absolute Gasteiger partial charge is 0.228 e. The van der Waals surface area contributed by atoms with Gasteiger partial charge in [-0.2, -0.15) is 4.57 Å². The summed E-state index contributed by atoms with van der Waals surface area (Å²) in [4.78, 5) is 13.4. The number of halogens is 20. The predicted octanol–water partition coefficient (Wildman–Crippen LogP) is 11.2.